The van der Waals surface area contributed by atoms with Gasteiger partial charge < -0.3 is 9.72 Å². The van der Waals surface area contributed by atoms with E-state index in [9.17, 15) is 5.26 Å². The van der Waals surface area contributed by atoms with Crippen molar-refractivity contribution >= 4 is 22.7 Å². The number of H-pyrrole nitrogens is 1. The molecule has 21 heavy (non-hydrogen) atoms. The minimum absolute atomic E-state index is 0.468. The second-order valence-corrected chi connectivity index (χ2v) is 4.51. The number of rotatable bonds is 3. The summed E-state index contributed by atoms with van der Waals surface area (Å²) >= 11 is 0. The lowest BCUT2D eigenvalue weighted by atomic mass is 10.1. The summed E-state index contributed by atoms with van der Waals surface area (Å²) in [5.41, 5.74) is 3.06. The van der Waals surface area contributed by atoms with Crippen molar-refractivity contribution < 1.29 is 4.74 Å². The van der Waals surface area contributed by atoms with Gasteiger partial charge in [-0.05, 0) is 24.3 Å². The summed E-state index contributed by atoms with van der Waals surface area (Å²) < 4.78 is 5.30. The molecule has 0 radical (unpaired) electrons. The van der Waals surface area contributed by atoms with Crippen LogP contribution in [0.3, 0.4) is 0 Å². The van der Waals surface area contributed by atoms with Crippen molar-refractivity contribution in [3.8, 4) is 11.8 Å². The van der Waals surface area contributed by atoms with E-state index in [4.69, 9.17) is 4.74 Å². The van der Waals surface area contributed by atoms with Crippen LogP contribution in [0.15, 0.2) is 48.5 Å². The first-order chi connectivity index (χ1) is 10.3. The van der Waals surface area contributed by atoms with Crippen LogP contribution in [0.4, 0.5) is 0 Å². The minimum Gasteiger partial charge on any atom is -0.496 e. The van der Waals surface area contributed by atoms with E-state index in [1.54, 1.807) is 13.2 Å². The highest BCUT2D eigenvalue weighted by Gasteiger charge is 2.09. The third kappa shape index (κ3) is 2.49. The standard InChI is InChI=1S/C17H13N3O/c1-21-16-9-5-2-6-12(16)10-13(11-18)17-19-14-7-3-4-8-15(14)20-17/h2-10H,1H3,(H,19,20)/b13-10+. The van der Waals surface area contributed by atoms with Crippen molar-refractivity contribution in [3.63, 3.8) is 0 Å². The van der Waals surface area contributed by atoms with Gasteiger partial charge in [-0.1, -0.05) is 30.3 Å². The highest BCUT2D eigenvalue weighted by atomic mass is 16.5. The molecule has 102 valence electrons. The molecule has 1 aromatic heterocycles. The summed E-state index contributed by atoms with van der Waals surface area (Å²) in [5.74, 6) is 1.28. The number of allylic oxidation sites excluding steroid dienone is 1. The molecule has 2 aromatic carbocycles. The summed E-state index contributed by atoms with van der Waals surface area (Å²) in [6.45, 7) is 0. The van der Waals surface area contributed by atoms with Crippen LogP contribution in [-0.2, 0) is 0 Å². The Bertz CT molecular complexity index is 823. The molecule has 0 saturated heterocycles. The maximum Gasteiger partial charge on any atom is 0.149 e. The molecular formula is C17H13N3O. The summed E-state index contributed by atoms with van der Waals surface area (Å²) in [6, 6.07) is 17.4. The number of hydrogen-bond acceptors (Lipinski definition) is 3. The second kappa shape index (κ2) is 5.51. The number of benzene rings is 2. The Labute approximate surface area is 122 Å². The number of nitriles is 1. The number of hydrogen-bond donors (Lipinski definition) is 1. The predicted octanol–water partition coefficient (Wildman–Crippen LogP) is 3.64. The molecule has 0 amide bonds. The van der Waals surface area contributed by atoms with Crippen LogP contribution < -0.4 is 4.74 Å². The van der Waals surface area contributed by atoms with Gasteiger partial charge in [-0.25, -0.2) is 4.98 Å². The van der Waals surface area contributed by atoms with Crippen LogP contribution in [0.25, 0.3) is 22.7 Å². The van der Waals surface area contributed by atoms with E-state index >= 15 is 0 Å². The lowest BCUT2D eigenvalue weighted by Crippen LogP contribution is -1.89. The zero-order chi connectivity index (χ0) is 14.7. The first-order valence-corrected chi connectivity index (χ1v) is 6.52. The van der Waals surface area contributed by atoms with Crippen molar-refractivity contribution in [2.45, 2.75) is 0 Å². The fraction of sp³-hybridized carbons (Fsp3) is 0.0588. The number of imidazole rings is 1. The Morgan fingerprint density at radius 2 is 1.95 bits per heavy atom. The number of nitrogens with one attached hydrogen (secondary N) is 1. The van der Waals surface area contributed by atoms with Gasteiger partial charge in [0.25, 0.3) is 0 Å². The molecular weight excluding hydrogens is 262 g/mol. The molecule has 3 rings (SSSR count). The predicted molar refractivity (Wildman–Crippen MR) is 82.6 cm³/mol. The van der Waals surface area contributed by atoms with E-state index in [2.05, 4.69) is 16.0 Å². The van der Waals surface area contributed by atoms with Crippen LogP contribution in [0.5, 0.6) is 5.75 Å². The molecule has 0 aliphatic carbocycles. The molecule has 0 saturated carbocycles. The minimum atomic E-state index is 0.468. The van der Waals surface area contributed by atoms with E-state index < -0.39 is 0 Å². The van der Waals surface area contributed by atoms with Crippen LogP contribution in [0.2, 0.25) is 0 Å². The average molecular weight is 275 g/mol. The number of fused-ring (bicyclic) bond motifs is 1. The zero-order valence-corrected chi connectivity index (χ0v) is 11.5. The summed E-state index contributed by atoms with van der Waals surface area (Å²) in [7, 11) is 1.61. The van der Waals surface area contributed by atoms with Crippen molar-refractivity contribution in [3.05, 3.63) is 59.9 Å². The second-order valence-electron chi connectivity index (χ2n) is 4.51. The van der Waals surface area contributed by atoms with Gasteiger partial charge in [0.2, 0.25) is 0 Å². The van der Waals surface area contributed by atoms with Crippen molar-refractivity contribution in [1.82, 2.24) is 9.97 Å². The van der Waals surface area contributed by atoms with Gasteiger partial charge >= 0.3 is 0 Å². The van der Waals surface area contributed by atoms with E-state index in [1.165, 1.54) is 0 Å². The van der Waals surface area contributed by atoms with Gasteiger partial charge in [-0.3, -0.25) is 0 Å². The van der Waals surface area contributed by atoms with Crippen LogP contribution in [0.1, 0.15) is 11.4 Å². The fourth-order valence-corrected chi connectivity index (χ4v) is 2.18. The molecule has 4 nitrogen and oxygen atoms in total. The van der Waals surface area contributed by atoms with Crippen LogP contribution in [-0.4, -0.2) is 17.1 Å². The Balaban J connectivity index is 2.09. The lowest BCUT2D eigenvalue weighted by molar-refractivity contribution is 0.414. The third-order valence-corrected chi connectivity index (χ3v) is 3.20. The maximum absolute atomic E-state index is 9.41. The summed E-state index contributed by atoms with van der Waals surface area (Å²) in [6.07, 6.45) is 1.77. The van der Waals surface area contributed by atoms with E-state index in [-0.39, 0.29) is 0 Å². The quantitative estimate of drug-likeness (QED) is 0.742. The zero-order valence-electron chi connectivity index (χ0n) is 11.5. The van der Waals surface area contributed by atoms with Crippen molar-refractivity contribution in [2.75, 3.05) is 7.11 Å². The largest absolute Gasteiger partial charge is 0.496 e. The molecule has 0 fully saturated rings. The smallest absolute Gasteiger partial charge is 0.149 e. The third-order valence-electron chi connectivity index (χ3n) is 3.20. The first-order valence-electron chi connectivity index (χ1n) is 6.52. The number of methoxy groups -OCH3 is 1. The summed E-state index contributed by atoms with van der Waals surface area (Å²) in [5, 5.41) is 9.41. The first kappa shape index (κ1) is 12.9. The van der Waals surface area contributed by atoms with Gasteiger partial charge in [-0.2, -0.15) is 5.26 Å². The number of nitrogens with zero attached hydrogens (tertiary/aromatic N) is 2. The highest BCUT2D eigenvalue weighted by molar-refractivity contribution is 5.91. The van der Waals surface area contributed by atoms with Crippen molar-refractivity contribution in [1.29, 1.82) is 5.26 Å². The molecule has 4 heteroatoms. The van der Waals surface area contributed by atoms with Crippen LogP contribution in [0, 0.1) is 11.3 Å². The normalized spacial score (nSPS) is 11.3. The highest BCUT2D eigenvalue weighted by Crippen LogP contribution is 2.24. The number of ether oxygens (including phenoxy) is 1. The molecule has 0 bridgehead atoms. The molecule has 1 N–H and O–H groups in total. The fourth-order valence-electron chi connectivity index (χ4n) is 2.18. The van der Waals surface area contributed by atoms with E-state index in [0.29, 0.717) is 11.4 Å². The van der Waals surface area contributed by atoms with Crippen LogP contribution >= 0.6 is 0 Å². The maximum atomic E-state index is 9.41. The Morgan fingerprint density at radius 3 is 2.71 bits per heavy atom. The number of para-hydroxylation sites is 3. The summed E-state index contributed by atoms with van der Waals surface area (Å²) in [4.78, 5) is 7.61. The Kier molecular flexibility index (Phi) is 3.40. The Hall–Kier alpha value is -3.06. The van der Waals surface area contributed by atoms with Gasteiger partial charge in [0.15, 0.2) is 0 Å². The monoisotopic (exact) mass is 275 g/mol. The Morgan fingerprint density at radius 1 is 1.19 bits per heavy atom. The van der Waals surface area contributed by atoms with Gasteiger partial charge in [0, 0.05) is 5.56 Å². The number of aromatic nitrogens is 2. The molecule has 0 atom stereocenters. The molecule has 3 aromatic rings. The SMILES string of the molecule is COc1ccccc1/C=C(\C#N)c1nc2ccccc2[nH]1. The molecule has 1 heterocycles. The molecule has 0 aliphatic heterocycles. The molecule has 0 unspecified atom stereocenters. The number of aromatic amines is 1. The van der Waals surface area contributed by atoms with Crippen molar-refractivity contribution in [2.24, 2.45) is 0 Å². The molecule has 0 aliphatic rings. The average Bonchev–Trinajstić information content (AvgIpc) is 2.96. The van der Waals surface area contributed by atoms with Gasteiger partial charge in [0.1, 0.15) is 17.6 Å². The van der Waals surface area contributed by atoms with Gasteiger partial charge in [0.05, 0.1) is 23.7 Å². The molecule has 0 spiro atoms. The van der Waals surface area contributed by atoms with E-state index in [0.717, 1.165) is 22.3 Å². The van der Waals surface area contributed by atoms with Gasteiger partial charge in [-0.15, -0.1) is 0 Å². The topological polar surface area (TPSA) is 61.7 Å². The van der Waals surface area contributed by atoms with E-state index in [1.807, 2.05) is 48.5 Å². The lowest BCUT2D eigenvalue weighted by Gasteiger charge is -2.03.